The molecule has 0 saturated carbocycles. The lowest BCUT2D eigenvalue weighted by Crippen LogP contribution is -2.40. The Morgan fingerprint density at radius 2 is 1.91 bits per heavy atom. The molecule has 0 bridgehead atoms. The highest BCUT2D eigenvalue weighted by molar-refractivity contribution is 5.95. The Morgan fingerprint density at radius 3 is 2.62 bits per heavy atom. The van der Waals surface area contributed by atoms with Gasteiger partial charge in [-0.15, -0.1) is 0 Å². The first-order valence-electron chi connectivity index (χ1n) is 11.9. The van der Waals surface area contributed by atoms with Gasteiger partial charge in [0.25, 0.3) is 0 Å². The van der Waals surface area contributed by atoms with E-state index in [-0.39, 0.29) is 11.9 Å². The summed E-state index contributed by atoms with van der Waals surface area (Å²) in [5.41, 5.74) is 4.48. The van der Waals surface area contributed by atoms with E-state index in [9.17, 15) is 4.79 Å². The van der Waals surface area contributed by atoms with Crippen LogP contribution in [-0.2, 0) is 11.2 Å². The van der Waals surface area contributed by atoms with Crippen molar-refractivity contribution in [1.82, 2.24) is 15.1 Å². The number of hydrogen-bond donors (Lipinski definition) is 1. The Labute approximate surface area is 199 Å². The molecule has 1 amide bonds. The van der Waals surface area contributed by atoms with E-state index in [0.717, 1.165) is 66.9 Å². The fourth-order valence-electron chi connectivity index (χ4n) is 5.09. The van der Waals surface area contributed by atoms with E-state index >= 15 is 0 Å². The second-order valence-electron chi connectivity index (χ2n) is 9.15. The second-order valence-corrected chi connectivity index (χ2v) is 9.15. The van der Waals surface area contributed by atoms with E-state index in [4.69, 9.17) is 10.00 Å². The number of nitrogens with one attached hydrogen (secondary N) is 1. The molecule has 0 radical (unpaired) electrons. The number of carbonyl (C=O) groups excluding carboxylic acids is 1. The highest BCUT2D eigenvalue weighted by atomic mass is 16.5. The minimum absolute atomic E-state index is 0.0317. The van der Waals surface area contributed by atoms with Crippen molar-refractivity contribution in [2.75, 3.05) is 18.0 Å². The van der Waals surface area contributed by atoms with Crippen LogP contribution in [0.5, 0.6) is 11.5 Å². The molecule has 0 aliphatic carbocycles. The number of hydrogen-bond acceptors (Lipinski definition) is 5. The van der Waals surface area contributed by atoms with E-state index in [0.29, 0.717) is 17.4 Å². The van der Waals surface area contributed by atoms with Gasteiger partial charge in [-0.2, -0.15) is 10.4 Å². The third-order valence-electron chi connectivity index (χ3n) is 6.89. The molecule has 2 aliphatic rings. The lowest BCUT2D eigenvalue weighted by Gasteiger charge is -2.36. The van der Waals surface area contributed by atoms with Crippen LogP contribution in [0.15, 0.2) is 48.8 Å². The van der Waals surface area contributed by atoms with Crippen molar-refractivity contribution in [3.8, 4) is 28.7 Å². The number of benzene rings is 2. The summed E-state index contributed by atoms with van der Waals surface area (Å²) >= 11 is 0. The number of piperidine rings is 1. The Kier molecular flexibility index (Phi) is 6.08. The van der Waals surface area contributed by atoms with Crippen LogP contribution >= 0.6 is 0 Å². The molecule has 34 heavy (non-hydrogen) atoms. The van der Waals surface area contributed by atoms with Crippen molar-refractivity contribution in [2.45, 2.75) is 51.6 Å². The molecule has 1 atom stereocenters. The summed E-state index contributed by atoms with van der Waals surface area (Å²) < 4.78 is 8.56. The number of ether oxygens (including phenoxy) is 1. The van der Waals surface area contributed by atoms with Gasteiger partial charge in [-0.05, 0) is 82.1 Å². The number of anilines is 1. The molecule has 3 heterocycles. The summed E-state index contributed by atoms with van der Waals surface area (Å²) in [6, 6.07) is 13.9. The molecule has 5 rings (SSSR count). The maximum atomic E-state index is 12.5. The second kappa shape index (κ2) is 9.32. The number of amides is 1. The number of nitrogens with zero attached hydrogens (tertiary/aromatic N) is 4. The van der Waals surface area contributed by atoms with Crippen LogP contribution < -0.4 is 15.0 Å². The van der Waals surface area contributed by atoms with Crippen molar-refractivity contribution in [1.29, 1.82) is 5.26 Å². The first kappa shape index (κ1) is 22.2. The van der Waals surface area contributed by atoms with Crippen LogP contribution in [0.3, 0.4) is 0 Å². The minimum atomic E-state index is 0.0317. The Morgan fingerprint density at radius 1 is 1.15 bits per heavy atom. The molecule has 1 fully saturated rings. The van der Waals surface area contributed by atoms with Crippen molar-refractivity contribution in [2.24, 2.45) is 0 Å². The number of aromatic nitrogens is 2. The molecule has 7 heteroatoms. The molecule has 1 saturated heterocycles. The largest absolute Gasteiger partial charge is 0.456 e. The lowest BCUT2D eigenvalue weighted by molar-refractivity contribution is -0.117. The van der Waals surface area contributed by atoms with Crippen molar-refractivity contribution in [3.05, 3.63) is 59.9 Å². The zero-order valence-electron chi connectivity index (χ0n) is 19.6. The topological polar surface area (TPSA) is 83.2 Å². The molecule has 1 N–H and O–H groups in total. The summed E-state index contributed by atoms with van der Waals surface area (Å²) in [6.45, 7) is 5.71. The first-order valence-corrected chi connectivity index (χ1v) is 11.9. The molecule has 3 aromatic rings. The first-order chi connectivity index (χ1) is 16.5. The molecular formula is C27H29N5O2. The fraction of sp³-hybridized carbons (Fsp3) is 0.370. The van der Waals surface area contributed by atoms with E-state index in [1.54, 1.807) is 19.1 Å². The van der Waals surface area contributed by atoms with E-state index < -0.39 is 0 Å². The quantitative estimate of drug-likeness (QED) is 0.609. The number of fused-ring (bicyclic) bond motifs is 1. The lowest BCUT2D eigenvalue weighted by atomic mass is 9.92. The molecule has 174 valence electrons. The third kappa shape index (κ3) is 4.17. The Balaban J connectivity index is 1.59. The van der Waals surface area contributed by atoms with Gasteiger partial charge in [0.1, 0.15) is 11.5 Å². The number of nitriles is 1. The summed E-state index contributed by atoms with van der Waals surface area (Å²) in [5, 5.41) is 17.2. The molecule has 7 nitrogen and oxygen atoms in total. The fourth-order valence-corrected chi connectivity index (χ4v) is 5.09. The maximum Gasteiger partial charge on any atom is 0.224 e. The average Bonchev–Trinajstić information content (AvgIpc) is 3.35. The van der Waals surface area contributed by atoms with Gasteiger partial charge >= 0.3 is 0 Å². The van der Waals surface area contributed by atoms with Gasteiger partial charge < -0.3 is 15.0 Å². The van der Waals surface area contributed by atoms with Crippen molar-refractivity contribution >= 4 is 11.6 Å². The minimum Gasteiger partial charge on any atom is -0.456 e. The molecule has 2 aromatic carbocycles. The van der Waals surface area contributed by atoms with E-state index in [2.05, 4.69) is 34.3 Å². The molecule has 1 unspecified atom stereocenters. The SMILES string of the molecule is CC(=O)N1c2ccc(-c3cnn(C4CCNCC4)c3)c(Oc3ccc(C#N)cc3)c2CCC1C. The van der Waals surface area contributed by atoms with Gasteiger partial charge in [-0.3, -0.25) is 9.48 Å². The third-order valence-corrected chi connectivity index (χ3v) is 6.89. The highest BCUT2D eigenvalue weighted by Crippen LogP contribution is 2.44. The number of carbonyl (C=O) groups is 1. The molecular weight excluding hydrogens is 426 g/mol. The zero-order chi connectivity index (χ0) is 23.7. The summed E-state index contributed by atoms with van der Waals surface area (Å²) in [6.07, 6.45) is 7.83. The predicted molar refractivity (Wildman–Crippen MR) is 131 cm³/mol. The molecule has 2 aliphatic heterocycles. The van der Waals surface area contributed by atoms with Crippen molar-refractivity contribution in [3.63, 3.8) is 0 Å². The Hall–Kier alpha value is -3.63. The summed E-state index contributed by atoms with van der Waals surface area (Å²) in [4.78, 5) is 14.3. The van der Waals surface area contributed by atoms with Crippen LogP contribution in [0.1, 0.15) is 50.3 Å². The van der Waals surface area contributed by atoms with Crippen LogP contribution in [0.2, 0.25) is 0 Å². The zero-order valence-corrected chi connectivity index (χ0v) is 19.6. The standard InChI is InChI=1S/C27H29N5O2/c1-18-3-8-25-26(32(18)19(2)33)10-9-24(27(25)34-23-6-4-20(15-28)5-7-23)21-16-30-31(17-21)22-11-13-29-14-12-22/h4-7,9-10,16-18,22,29H,3,8,11-14H2,1-2H3. The normalized spacial score (nSPS) is 18.3. The summed E-state index contributed by atoms with van der Waals surface area (Å²) in [5.74, 6) is 1.45. The van der Waals surface area contributed by atoms with Crippen LogP contribution in [-0.4, -0.2) is 34.8 Å². The van der Waals surface area contributed by atoms with Gasteiger partial charge in [0, 0.05) is 35.9 Å². The average molecular weight is 456 g/mol. The van der Waals surface area contributed by atoms with Crippen LogP contribution in [0.25, 0.3) is 11.1 Å². The van der Waals surface area contributed by atoms with Gasteiger partial charge in [0.2, 0.25) is 5.91 Å². The van der Waals surface area contributed by atoms with E-state index in [1.807, 2.05) is 35.4 Å². The smallest absolute Gasteiger partial charge is 0.224 e. The van der Waals surface area contributed by atoms with E-state index in [1.165, 1.54) is 0 Å². The summed E-state index contributed by atoms with van der Waals surface area (Å²) in [7, 11) is 0. The highest BCUT2D eigenvalue weighted by Gasteiger charge is 2.30. The predicted octanol–water partition coefficient (Wildman–Crippen LogP) is 4.83. The molecule has 1 aromatic heterocycles. The van der Waals surface area contributed by atoms with Gasteiger partial charge in [-0.25, -0.2) is 0 Å². The monoisotopic (exact) mass is 455 g/mol. The number of rotatable bonds is 4. The van der Waals surface area contributed by atoms with Gasteiger partial charge in [0.05, 0.1) is 29.6 Å². The Bertz CT molecular complexity index is 1230. The maximum absolute atomic E-state index is 12.5. The van der Waals surface area contributed by atoms with Crippen molar-refractivity contribution < 1.29 is 9.53 Å². The van der Waals surface area contributed by atoms with Crippen LogP contribution in [0.4, 0.5) is 5.69 Å². The van der Waals surface area contributed by atoms with Gasteiger partial charge in [-0.1, -0.05) is 0 Å². The molecule has 0 spiro atoms. The van der Waals surface area contributed by atoms with Gasteiger partial charge in [0.15, 0.2) is 0 Å². The van der Waals surface area contributed by atoms with Crippen LogP contribution in [0, 0.1) is 11.3 Å².